The third-order valence-corrected chi connectivity index (χ3v) is 3.05. The summed E-state index contributed by atoms with van der Waals surface area (Å²) in [7, 11) is 0. The van der Waals surface area contributed by atoms with E-state index in [4.69, 9.17) is 5.11 Å². The van der Waals surface area contributed by atoms with Gasteiger partial charge in [0.15, 0.2) is 0 Å². The van der Waals surface area contributed by atoms with E-state index in [-0.39, 0.29) is 6.61 Å². The van der Waals surface area contributed by atoms with Crippen molar-refractivity contribution in [2.45, 2.75) is 13.0 Å². The molecular formula is C14H12O. The summed E-state index contributed by atoms with van der Waals surface area (Å²) in [4.78, 5) is 0. The zero-order chi connectivity index (χ0) is 10.3. The minimum absolute atomic E-state index is 0.120. The highest BCUT2D eigenvalue weighted by atomic mass is 16.3. The lowest BCUT2D eigenvalue weighted by molar-refractivity contribution is 0.282. The first kappa shape index (κ1) is 8.69. The molecule has 1 aliphatic rings. The van der Waals surface area contributed by atoms with E-state index in [1.807, 2.05) is 6.07 Å². The molecule has 0 unspecified atom stereocenters. The zero-order valence-electron chi connectivity index (χ0n) is 8.40. The van der Waals surface area contributed by atoms with Crippen molar-refractivity contribution in [3.63, 3.8) is 0 Å². The van der Waals surface area contributed by atoms with Gasteiger partial charge < -0.3 is 5.11 Å². The Balaban J connectivity index is 2.22. The number of rotatable bonds is 1. The lowest BCUT2D eigenvalue weighted by Gasteiger charge is -2.02. The third-order valence-electron chi connectivity index (χ3n) is 3.05. The summed E-state index contributed by atoms with van der Waals surface area (Å²) >= 11 is 0. The highest BCUT2D eigenvalue weighted by Crippen LogP contribution is 2.36. The number of benzene rings is 2. The second kappa shape index (κ2) is 3.21. The minimum atomic E-state index is 0.120. The molecule has 1 nitrogen and oxygen atoms in total. The number of hydrogen-bond acceptors (Lipinski definition) is 1. The van der Waals surface area contributed by atoms with Gasteiger partial charge in [-0.1, -0.05) is 36.4 Å². The summed E-state index contributed by atoms with van der Waals surface area (Å²) in [6, 6.07) is 14.7. The standard InChI is InChI=1S/C14H12O/c15-9-10-5-6-12-8-11-3-1-2-4-13(11)14(12)7-10/h1-7,15H,8-9H2. The SMILES string of the molecule is OCc1ccc2c(c1)-c1ccccc1C2. The van der Waals surface area contributed by atoms with Gasteiger partial charge in [-0.25, -0.2) is 0 Å². The van der Waals surface area contributed by atoms with E-state index in [9.17, 15) is 0 Å². The van der Waals surface area contributed by atoms with Crippen molar-refractivity contribution in [2.75, 3.05) is 0 Å². The molecule has 0 radical (unpaired) electrons. The van der Waals surface area contributed by atoms with Crippen molar-refractivity contribution in [2.24, 2.45) is 0 Å². The van der Waals surface area contributed by atoms with E-state index in [1.165, 1.54) is 22.3 Å². The van der Waals surface area contributed by atoms with E-state index in [2.05, 4.69) is 36.4 Å². The molecular weight excluding hydrogens is 184 g/mol. The van der Waals surface area contributed by atoms with Crippen molar-refractivity contribution < 1.29 is 5.11 Å². The Morgan fingerprint density at radius 3 is 2.60 bits per heavy atom. The fourth-order valence-corrected chi connectivity index (χ4v) is 2.27. The van der Waals surface area contributed by atoms with Crippen LogP contribution in [0.25, 0.3) is 11.1 Å². The van der Waals surface area contributed by atoms with Crippen LogP contribution in [0.4, 0.5) is 0 Å². The second-order valence-electron chi connectivity index (χ2n) is 3.98. The normalized spacial score (nSPS) is 12.3. The molecule has 0 amide bonds. The van der Waals surface area contributed by atoms with Crippen LogP contribution in [-0.4, -0.2) is 5.11 Å². The van der Waals surface area contributed by atoms with Gasteiger partial charge in [0.25, 0.3) is 0 Å². The third kappa shape index (κ3) is 1.28. The highest BCUT2D eigenvalue weighted by Gasteiger charge is 2.17. The Morgan fingerprint density at radius 2 is 1.73 bits per heavy atom. The lowest BCUT2D eigenvalue weighted by atomic mass is 10.0. The molecule has 0 heterocycles. The maximum atomic E-state index is 9.12. The monoisotopic (exact) mass is 196 g/mol. The highest BCUT2D eigenvalue weighted by molar-refractivity contribution is 5.77. The molecule has 0 fully saturated rings. The Bertz CT molecular complexity index is 514. The molecule has 0 saturated carbocycles. The summed E-state index contributed by atoms with van der Waals surface area (Å²) in [6.07, 6.45) is 1.03. The molecule has 0 spiro atoms. The molecule has 3 rings (SSSR count). The summed E-state index contributed by atoms with van der Waals surface area (Å²) in [6.45, 7) is 0.120. The maximum Gasteiger partial charge on any atom is 0.0682 e. The topological polar surface area (TPSA) is 20.2 Å². The van der Waals surface area contributed by atoms with Crippen LogP contribution in [0.1, 0.15) is 16.7 Å². The fraction of sp³-hybridized carbons (Fsp3) is 0.143. The van der Waals surface area contributed by atoms with Crippen molar-refractivity contribution >= 4 is 0 Å². The van der Waals surface area contributed by atoms with E-state index in [0.29, 0.717) is 0 Å². The van der Waals surface area contributed by atoms with Gasteiger partial charge in [-0.05, 0) is 40.3 Å². The molecule has 2 aromatic rings. The zero-order valence-corrected chi connectivity index (χ0v) is 8.40. The Kier molecular flexibility index (Phi) is 1.86. The second-order valence-corrected chi connectivity index (χ2v) is 3.98. The van der Waals surface area contributed by atoms with Crippen LogP contribution in [0, 0.1) is 0 Å². The first-order chi connectivity index (χ1) is 7.38. The molecule has 0 aliphatic heterocycles. The van der Waals surface area contributed by atoms with Crippen LogP contribution in [0.5, 0.6) is 0 Å². The first-order valence-electron chi connectivity index (χ1n) is 5.19. The quantitative estimate of drug-likeness (QED) is 0.634. The average molecular weight is 196 g/mol. The molecule has 0 atom stereocenters. The molecule has 74 valence electrons. The summed E-state index contributed by atoms with van der Waals surface area (Å²) in [5, 5.41) is 9.12. The predicted molar refractivity (Wildman–Crippen MR) is 60.6 cm³/mol. The number of aliphatic hydroxyl groups is 1. The fourth-order valence-electron chi connectivity index (χ4n) is 2.27. The molecule has 1 heteroatoms. The Morgan fingerprint density at radius 1 is 0.933 bits per heavy atom. The first-order valence-corrected chi connectivity index (χ1v) is 5.19. The molecule has 2 aromatic carbocycles. The van der Waals surface area contributed by atoms with E-state index in [1.54, 1.807) is 0 Å². The van der Waals surface area contributed by atoms with Crippen LogP contribution < -0.4 is 0 Å². The van der Waals surface area contributed by atoms with Gasteiger partial charge in [0.2, 0.25) is 0 Å². The van der Waals surface area contributed by atoms with Gasteiger partial charge in [0, 0.05) is 0 Å². The smallest absolute Gasteiger partial charge is 0.0682 e. The molecule has 1 aliphatic carbocycles. The van der Waals surface area contributed by atoms with Crippen molar-refractivity contribution in [1.29, 1.82) is 0 Å². The van der Waals surface area contributed by atoms with Gasteiger partial charge >= 0.3 is 0 Å². The number of fused-ring (bicyclic) bond motifs is 3. The Hall–Kier alpha value is -1.60. The van der Waals surface area contributed by atoms with E-state index in [0.717, 1.165) is 12.0 Å². The van der Waals surface area contributed by atoms with E-state index < -0.39 is 0 Å². The van der Waals surface area contributed by atoms with E-state index >= 15 is 0 Å². The molecule has 0 saturated heterocycles. The largest absolute Gasteiger partial charge is 0.392 e. The van der Waals surface area contributed by atoms with Gasteiger partial charge in [0.05, 0.1) is 6.61 Å². The predicted octanol–water partition coefficient (Wildman–Crippen LogP) is 2.75. The van der Waals surface area contributed by atoms with Gasteiger partial charge in [0.1, 0.15) is 0 Å². The number of aliphatic hydroxyl groups excluding tert-OH is 1. The van der Waals surface area contributed by atoms with Crippen LogP contribution in [0.2, 0.25) is 0 Å². The van der Waals surface area contributed by atoms with Gasteiger partial charge in [-0.3, -0.25) is 0 Å². The summed E-state index contributed by atoms with van der Waals surface area (Å²) < 4.78 is 0. The molecule has 15 heavy (non-hydrogen) atoms. The summed E-state index contributed by atoms with van der Waals surface area (Å²) in [5.74, 6) is 0. The Labute approximate surface area is 89.0 Å². The molecule has 1 N–H and O–H groups in total. The van der Waals surface area contributed by atoms with Crippen LogP contribution in [-0.2, 0) is 13.0 Å². The van der Waals surface area contributed by atoms with Crippen molar-refractivity contribution in [3.8, 4) is 11.1 Å². The van der Waals surface area contributed by atoms with Crippen LogP contribution in [0.3, 0.4) is 0 Å². The molecule has 0 aromatic heterocycles. The summed E-state index contributed by atoms with van der Waals surface area (Å²) in [5.41, 5.74) is 6.36. The van der Waals surface area contributed by atoms with Crippen LogP contribution in [0.15, 0.2) is 42.5 Å². The maximum absolute atomic E-state index is 9.12. The number of hydrogen-bond donors (Lipinski definition) is 1. The van der Waals surface area contributed by atoms with Crippen molar-refractivity contribution in [3.05, 3.63) is 59.2 Å². The van der Waals surface area contributed by atoms with Crippen molar-refractivity contribution in [1.82, 2.24) is 0 Å². The minimum Gasteiger partial charge on any atom is -0.392 e. The lowest BCUT2D eigenvalue weighted by Crippen LogP contribution is -1.85. The van der Waals surface area contributed by atoms with Crippen LogP contribution >= 0.6 is 0 Å². The molecule has 0 bridgehead atoms. The van der Waals surface area contributed by atoms with Gasteiger partial charge in [-0.2, -0.15) is 0 Å². The average Bonchev–Trinajstić information content (AvgIpc) is 2.66. The van der Waals surface area contributed by atoms with Gasteiger partial charge in [-0.15, -0.1) is 0 Å².